The van der Waals surface area contributed by atoms with Gasteiger partial charge in [0.25, 0.3) is 6.71 Å². The van der Waals surface area contributed by atoms with E-state index >= 15 is 0 Å². The zero-order valence-corrected chi connectivity index (χ0v) is 42.0. The third-order valence-electron chi connectivity index (χ3n) is 16.7. The maximum absolute atomic E-state index is 2.64. The minimum Gasteiger partial charge on any atom is -0.353 e. The van der Waals surface area contributed by atoms with Crippen molar-refractivity contribution >= 4 is 84.8 Å². The number of hydrogen-bond acceptors (Lipinski definition) is 2. The van der Waals surface area contributed by atoms with E-state index in [1.54, 1.807) is 0 Å². The van der Waals surface area contributed by atoms with Crippen molar-refractivity contribution in [3.8, 4) is 27.9 Å². The van der Waals surface area contributed by atoms with Gasteiger partial charge in [0.2, 0.25) is 0 Å². The summed E-state index contributed by atoms with van der Waals surface area (Å²) in [6.07, 6.45) is 0. The molecule has 0 unspecified atom stereocenters. The first-order valence-corrected chi connectivity index (χ1v) is 26.1. The molecule has 0 radical (unpaired) electrons. The summed E-state index contributed by atoms with van der Waals surface area (Å²) in [7, 11) is 2.30. The van der Waals surface area contributed by atoms with Gasteiger partial charge in [-0.1, -0.05) is 186 Å². The number of rotatable bonds is 2. The smallest absolute Gasteiger partial charge is 0.270 e. The van der Waals surface area contributed by atoms with Crippen LogP contribution in [-0.4, -0.2) is 15.8 Å². The van der Waals surface area contributed by atoms with Crippen LogP contribution in [0.3, 0.4) is 0 Å². The van der Waals surface area contributed by atoms with Gasteiger partial charge in [0.05, 0.1) is 22.1 Å². The molecule has 0 saturated carbocycles. The minimum absolute atomic E-state index is 0.0156. The predicted molar refractivity (Wildman–Crippen MR) is 301 cm³/mol. The van der Waals surface area contributed by atoms with Crippen LogP contribution < -0.4 is 21.4 Å². The second-order valence-electron chi connectivity index (χ2n) is 22.5. The molecule has 71 heavy (non-hydrogen) atoms. The number of fused-ring (bicyclic) bond motifs is 19. The molecule has 2 aliphatic carbocycles. The molecule has 1 spiro atoms. The fourth-order valence-corrected chi connectivity index (χ4v) is 14.7. The van der Waals surface area contributed by atoms with E-state index < -0.39 is 5.41 Å². The minimum atomic E-state index is -0.520. The van der Waals surface area contributed by atoms with Crippen molar-refractivity contribution in [1.82, 2.24) is 9.13 Å². The van der Waals surface area contributed by atoms with Gasteiger partial charge >= 0.3 is 0 Å². The maximum atomic E-state index is 2.64. The van der Waals surface area contributed by atoms with E-state index in [-0.39, 0.29) is 17.5 Å². The van der Waals surface area contributed by atoms with Crippen LogP contribution in [0.15, 0.2) is 198 Å². The van der Waals surface area contributed by atoms with Gasteiger partial charge in [0.1, 0.15) is 0 Å². The lowest BCUT2D eigenvalue weighted by atomic mass is 9.36. The number of anilines is 3. The second-order valence-corrected chi connectivity index (χ2v) is 23.6. The van der Waals surface area contributed by atoms with Gasteiger partial charge in [-0.3, -0.25) is 0 Å². The zero-order valence-electron chi connectivity index (χ0n) is 41.2. The molecular formula is C66H52BN3S. The van der Waals surface area contributed by atoms with Gasteiger partial charge in [0, 0.05) is 61.2 Å². The Kier molecular flexibility index (Phi) is 8.21. The Bertz CT molecular complexity index is 4090. The monoisotopic (exact) mass is 929 g/mol. The topological polar surface area (TPSA) is 13.1 Å². The summed E-state index contributed by atoms with van der Waals surface area (Å²) in [6, 6.07) is 72.5. The van der Waals surface area contributed by atoms with Crippen molar-refractivity contribution in [2.24, 2.45) is 7.05 Å². The zero-order chi connectivity index (χ0) is 47.9. The molecule has 5 heteroatoms. The first-order valence-electron chi connectivity index (χ1n) is 25.3. The van der Waals surface area contributed by atoms with Crippen LogP contribution >= 0.6 is 11.8 Å². The summed E-state index contributed by atoms with van der Waals surface area (Å²) in [6.45, 7) is 14.0. The van der Waals surface area contributed by atoms with Crippen molar-refractivity contribution in [3.05, 3.63) is 221 Å². The molecule has 3 nitrogen and oxygen atoms in total. The van der Waals surface area contributed by atoms with Crippen LogP contribution in [0.1, 0.15) is 74.9 Å². The highest BCUT2D eigenvalue weighted by Gasteiger charge is 2.53. The van der Waals surface area contributed by atoms with Crippen molar-refractivity contribution in [3.63, 3.8) is 0 Å². The van der Waals surface area contributed by atoms with Gasteiger partial charge in [0.15, 0.2) is 0 Å². The normalized spacial score (nSPS) is 16.0. The summed E-state index contributed by atoms with van der Waals surface area (Å²) in [5.74, 6) is 0. The van der Waals surface area contributed by atoms with Gasteiger partial charge in [-0.05, 0) is 133 Å². The summed E-state index contributed by atoms with van der Waals surface area (Å²) < 4.78 is 5.00. The summed E-state index contributed by atoms with van der Waals surface area (Å²) in [4.78, 5) is 5.30. The molecule has 0 amide bonds. The van der Waals surface area contributed by atoms with E-state index in [1.165, 1.54) is 137 Å². The number of benzene rings is 9. The van der Waals surface area contributed by atoms with E-state index in [0.717, 1.165) is 0 Å². The van der Waals surface area contributed by atoms with Crippen molar-refractivity contribution in [1.29, 1.82) is 0 Å². The van der Waals surface area contributed by atoms with E-state index in [1.807, 2.05) is 11.8 Å². The van der Waals surface area contributed by atoms with E-state index in [2.05, 4.69) is 251 Å². The highest BCUT2D eigenvalue weighted by Crippen LogP contribution is 2.64. The van der Waals surface area contributed by atoms with Gasteiger partial charge in [-0.25, -0.2) is 0 Å². The number of aromatic nitrogens is 2. The molecule has 9 aromatic carbocycles. The first kappa shape index (κ1) is 41.3. The number of aryl methyl sites for hydroxylation is 1. The molecule has 1 atom stereocenters. The largest absolute Gasteiger partial charge is 0.353 e. The average Bonchev–Trinajstić information content (AvgIpc) is 4.07. The van der Waals surface area contributed by atoms with Crippen LogP contribution in [0.5, 0.6) is 0 Å². The lowest BCUT2D eigenvalue weighted by Gasteiger charge is -2.41. The van der Waals surface area contributed by atoms with Crippen LogP contribution in [0.2, 0.25) is 0 Å². The lowest BCUT2D eigenvalue weighted by Crippen LogP contribution is -2.61. The van der Waals surface area contributed by atoms with Crippen molar-refractivity contribution < 1.29 is 0 Å². The van der Waals surface area contributed by atoms with Crippen LogP contribution in [0.4, 0.5) is 17.1 Å². The van der Waals surface area contributed by atoms with Crippen LogP contribution in [0.25, 0.3) is 60.6 Å². The molecule has 15 rings (SSSR count). The molecule has 0 fully saturated rings. The Morgan fingerprint density at radius 3 is 1.66 bits per heavy atom. The van der Waals surface area contributed by atoms with Gasteiger partial charge in [-0.15, -0.1) is 0 Å². The number of para-hydroxylation sites is 3. The Morgan fingerprint density at radius 1 is 0.451 bits per heavy atom. The molecule has 0 N–H and O–H groups in total. The highest BCUT2D eigenvalue weighted by molar-refractivity contribution is 8.00. The Morgan fingerprint density at radius 2 is 1.00 bits per heavy atom. The Balaban J connectivity index is 1.01. The Hall–Kier alpha value is -7.47. The number of hydrogen-bond donors (Lipinski definition) is 0. The van der Waals surface area contributed by atoms with Gasteiger partial charge in [-0.2, -0.15) is 0 Å². The van der Waals surface area contributed by atoms with E-state index in [9.17, 15) is 0 Å². The standard InChI is InChI=1S/C66H52BN3S/c1-64(2,3)39-28-30-41(31-29-39)70-58-34-40(65(4,5)6)35-60-61(58)67(63-62(70)48-22-12-15-25-55(48)68(63)7)54-37-49-44-19-9-14-24-51(44)66(53(49)38-59(54)71-60)50-23-13-8-18-43(50)45-33-32-42(36-52(45)66)69-56-26-16-10-20-46(56)47-21-11-17-27-57(47)69/h8-38H,1-7H3/t66-/m1/s1. The first-order chi connectivity index (χ1) is 34.4. The molecule has 4 aliphatic rings. The van der Waals surface area contributed by atoms with Crippen molar-refractivity contribution in [2.45, 2.75) is 67.6 Å². The quantitative estimate of drug-likeness (QED) is 0.160. The SMILES string of the molecule is Cn1c2c(c3ccccc31)N(c1ccc(C(C)(C)C)cc1)c1cc(C(C)(C)C)cc3c1B2c1cc2c(cc1S3)[C@]1(c3ccccc3-c3ccc(-n4c5ccccc5c5ccccc54)cc31)c1ccccc1-2. The maximum Gasteiger partial charge on any atom is 0.270 e. The highest BCUT2D eigenvalue weighted by atomic mass is 32.2. The van der Waals surface area contributed by atoms with Gasteiger partial charge < -0.3 is 14.0 Å². The molecule has 2 aliphatic heterocycles. The fraction of sp³-hybridized carbons (Fsp3) is 0.152. The van der Waals surface area contributed by atoms with Crippen LogP contribution in [-0.2, 0) is 23.3 Å². The average molecular weight is 930 g/mol. The molecule has 0 bridgehead atoms. The van der Waals surface area contributed by atoms with Crippen molar-refractivity contribution in [2.75, 3.05) is 4.90 Å². The fourth-order valence-electron chi connectivity index (χ4n) is 13.4. The molecular weight excluding hydrogens is 878 g/mol. The third kappa shape index (κ3) is 5.37. The number of nitrogens with zero attached hydrogens (tertiary/aromatic N) is 3. The second kappa shape index (κ2) is 14.1. The van der Waals surface area contributed by atoms with E-state index in [0.29, 0.717) is 0 Å². The predicted octanol–water partition coefficient (Wildman–Crippen LogP) is 15.0. The summed E-state index contributed by atoms with van der Waals surface area (Å²) in [5.41, 5.74) is 25.7. The lowest BCUT2D eigenvalue weighted by molar-refractivity contribution is 0.589. The molecule has 340 valence electrons. The summed E-state index contributed by atoms with van der Waals surface area (Å²) in [5, 5.41) is 3.83. The molecule has 11 aromatic rings. The molecule has 0 saturated heterocycles. The molecule has 2 aromatic heterocycles. The van der Waals surface area contributed by atoms with E-state index in [4.69, 9.17) is 0 Å². The third-order valence-corrected chi connectivity index (χ3v) is 17.8. The molecule has 4 heterocycles. The Labute approximate surface area is 420 Å². The van der Waals surface area contributed by atoms with Crippen LogP contribution in [0, 0.1) is 0 Å². The summed E-state index contributed by atoms with van der Waals surface area (Å²) >= 11 is 1.98.